The van der Waals surface area contributed by atoms with E-state index in [1.807, 2.05) is 0 Å². The topological polar surface area (TPSA) is 116 Å². The average molecular weight is 355 g/mol. The lowest BCUT2D eigenvalue weighted by molar-refractivity contribution is -0.136. The van der Waals surface area contributed by atoms with Gasteiger partial charge in [-0.2, -0.15) is 0 Å². The first-order chi connectivity index (χ1) is 11.3. The van der Waals surface area contributed by atoms with Crippen LogP contribution >= 0.6 is 0 Å². The third-order valence-corrected chi connectivity index (χ3v) is 5.55. The van der Waals surface area contributed by atoms with Crippen LogP contribution in [-0.4, -0.2) is 50.8 Å². The van der Waals surface area contributed by atoms with Gasteiger partial charge in [-0.15, -0.1) is 0 Å². The molecule has 3 N–H and O–H groups in total. The highest BCUT2D eigenvalue weighted by Gasteiger charge is 2.28. The van der Waals surface area contributed by atoms with Crippen molar-refractivity contribution in [3.05, 3.63) is 23.8 Å². The lowest BCUT2D eigenvalue weighted by Gasteiger charge is -2.19. The summed E-state index contributed by atoms with van der Waals surface area (Å²) in [5.74, 6) is -1.53. The molecule has 8 nitrogen and oxygen atoms in total. The normalized spacial score (nSPS) is 16.0. The van der Waals surface area contributed by atoms with Crippen molar-refractivity contribution in [2.24, 2.45) is 0 Å². The van der Waals surface area contributed by atoms with E-state index in [-0.39, 0.29) is 18.9 Å². The summed E-state index contributed by atoms with van der Waals surface area (Å²) in [6.07, 6.45) is 0.922. The Morgan fingerprint density at radius 3 is 2.67 bits per heavy atom. The fourth-order valence-corrected chi connectivity index (χ4v) is 3.93. The number of amides is 2. The molecule has 1 fully saturated rings. The predicted molar refractivity (Wildman–Crippen MR) is 90.3 cm³/mol. The molecule has 2 rings (SSSR count). The molecule has 0 aliphatic carbocycles. The van der Waals surface area contributed by atoms with Gasteiger partial charge in [0.2, 0.25) is 10.0 Å². The number of nitrogens with one attached hydrogen (secondary N) is 2. The molecule has 0 saturated carbocycles. The maximum absolute atomic E-state index is 12.0. The van der Waals surface area contributed by atoms with Gasteiger partial charge in [0, 0.05) is 25.4 Å². The number of hydrogen-bond acceptors (Lipinski definition) is 5. The maximum atomic E-state index is 12.0. The van der Waals surface area contributed by atoms with Crippen LogP contribution in [0.4, 0.5) is 11.4 Å². The molecule has 1 saturated heterocycles. The lowest BCUT2D eigenvalue weighted by atomic mass is 10.1. The van der Waals surface area contributed by atoms with Gasteiger partial charge in [-0.1, -0.05) is 6.07 Å². The first-order valence-corrected chi connectivity index (χ1v) is 9.27. The van der Waals surface area contributed by atoms with Crippen LogP contribution in [0.2, 0.25) is 0 Å². The molecule has 0 spiro atoms. The van der Waals surface area contributed by atoms with E-state index in [4.69, 9.17) is 5.11 Å². The van der Waals surface area contributed by atoms with Gasteiger partial charge in [0.25, 0.3) is 0 Å². The lowest BCUT2D eigenvalue weighted by Crippen LogP contribution is -2.36. The van der Waals surface area contributed by atoms with E-state index < -0.39 is 21.8 Å². The average Bonchev–Trinajstić information content (AvgIpc) is 2.89. The van der Waals surface area contributed by atoms with Crippen molar-refractivity contribution >= 4 is 33.2 Å². The highest BCUT2D eigenvalue weighted by molar-refractivity contribution is 7.93. The van der Waals surface area contributed by atoms with Gasteiger partial charge in [-0.05, 0) is 37.5 Å². The number of hydrogen-bond donors (Lipinski definition) is 3. The fraction of sp³-hybridized carbons (Fsp3) is 0.467. The molecule has 24 heavy (non-hydrogen) atoms. The third kappa shape index (κ3) is 4.24. The van der Waals surface area contributed by atoms with Crippen LogP contribution in [0.25, 0.3) is 0 Å². The van der Waals surface area contributed by atoms with Crippen LogP contribution in [0.15, 0.2) is 18.2 Å². The van der Waals surface area contributed by atoms with Gasteiger partial charge in [0.15, 0.2) is 0 Å². The summed E-state index contributed by atoms with van der Waals surface area (Å²) in [5.41, 5.74) is 1.57. The van der Waals surface area contributed by atoms with E-state index in [9.17, 15) is 18.0 Å². The Morgan fingerprint density at radius 1 is 1.29 bits per heavy atom. The number of anilines is 2. The summed E-state index contributed by atoms with van der Waals surface area (Å²) in [6, 6.07) is 4.93. The molecule has 1 aliphatic heterocycles. The van der Waals surface area contributed by atoms with E-state index in [1.165, 1.54) is 4.31 Å². The van der Waals surface area contributed by atoms with Crippen molar-refractivity contribution in [3.63, 3.8) is 0 Å². The Bertz CT molecular complexity index is 733. The van der Waals surface area contributed by atoms with Gasteiger partial charge in [-0.25, -0.2) is 8.42 Å². The number of sulfonamides is 1. The molecule has 0 aromatic heterocycles. The van der Waals surface area contributed by atoms with E-state index in [0.717, 1.165) is 0 Å². The predicted octanol–water partition coefficient (Wildman–Crippen LogP) is -0.0280. The Kier molecular flexibility index (Phi) is 5.79. The highest BCUT2D eigenvalue weighted by atomic mass is 32.2. The van der Waals surface area contributed by atoms with E-state index in [1.54, 1.807) is 25.1 Å². The Labute approximate surface area is 140 Å². The highest BCUT2D eigenvalue weighted by Crippen LogP contribution is 2.28. The summed E-state index contributed by atoms with van der Waals surface area (Å²) in [7, 11) is -3.31. The molecular formula is C15H21N3O5S. The molecule has 1 aromatic carbocycles. The molecule has 0 unspecified atom stereocenters. The zero-order chi connectivity index (χ0) is 17.7. The number of carbonyl (C=O) groups excluding carboxylic acids is 2. The number of rotatable bonds is 5. The molecule has 132 valence electrons. The largest absolute Gasteiger partial charge is 0.396 e. The smallest absolute Gasteiger partial charge is 0.313 e. The van der Waals surface area contributed by atoms with Crippen molar-refractivity contribution in [1.29, 1.82) is 0 Å². The van der Waals surface area contributed by atoms with Crippen molar-refractivity contribution in [2.75, 3.05) is 35.1 Å². The Morgan fingerprint density at radius 2 is 2.04 bits per heavy atom. The SMILES string of the molecule is Cc1ccc(N2CCCS2(=O)=O)cc1NC(=O)C(=O)NCCCO. The molecular weight excluding hydrogens is 334 g/mol. The van der Waals surface area contributed by atoms with Gasteiger partial charge >= 0.3 is 11.8 Å². The molecule has 1 aromatic rings. The molecule has 0 bridgehead atoms. The van der Waals surface area contributed by atoms with Crippen LogP contribution in [0.3, 0.4) is 0 Å². The zero-order valence-electron chi connectivity index (χ0n) is 13.4. The van der Waals surface area contributed by atoms with Crippen molar-refractivity contribution in [2.45, 2.75) is 19.8 Å². The molecule has 0 radical (unpaired) electrons. The zero-order valence-corrected chi connectivity index (χ0v) is 14.2. The number of benzene rings is 1. The van der Waals surface area contributed by atoms with Gasteiger partial charge in [-0.3, -0.25) is 13.9 Å². The van der Waals surface area contributed by atoms with Gasteiger partial charge in [0.1, 0.15) is 0 Å². The maximum Gasteiger partial charge on any atom is 0.313 e. The quantitative estimate of drug-likeness (QED) is 0.507. The number of aryl methyl sites for hydroxylation is 1. The van der Waals surface area contributed by atoms with Crippen molar-refractivity contribution < 1.29 is 23.1 Å². The molecule has 1 heterocycles. The number of aliphatic hydroxyl groups excluding tert-OH is 1. The van der Waals surface area contributed by atoms with Crippen molar-refractivity contribution in [3.8, 4) is 0 Å². The first kappa shape index (κ1) is 18.2. The minimum Gasteiger partial charge on any atom is -0.396 e. The summed E-state index contributed by atoms with van der Waals surface area (Å²) in [5, 5.41) is 13.5. The summed E-state index contributed by atoms with van der Waals surface area (Å²) in [6.45, 7) is 2.28. The standard InChI is InChI=1S/C15H21N3O5S/c1-11-4-5-12(18-7-3-9-24(18,22)23)10-13(11)17-15(21)14(20)16-6-2-8-19/h4-5,10,19H,2-3,6-9H2,1H3,(H,16,20)(H,17,21). The molecule has 2 amide bonds. The van der Waals surface area contributed by atoms with Crippen molar-refractivity contribution in [1.82, 2.24) is 5.32 Å². The first-order valence-electron chi connectivity index (χ1n) is 7.66. The minimum atomic E-state index is -3.31. The van der Waals surface area contributed by atoms with E-state index >= 15 is 0 Å². The van der Waals surface area contributed by atoms with Crippen LogP contribution in [0.5, 0.6) is 0 Å². The molecule has 1 aliphatic rings. The molecule has 9 heteroatoms. The second-order valence-electron chi connectivity index (χ2n) is 5.53. The summed E-state index contributed by atoms with van der Waals surface area (Å²) in [4.78, 5) is 23.6. The van der Waals surface area contributed by atoms with Crippen LogP contribution in [0.1, 0.15) is 18.4 Å². The number of carbonyl (C=O) groups is 2. The van der Waals surface area contributed by atoms with Crippen LogP contribution in [-0.2, 0) is 19.6 Å². The molecule has 0 atom stereocenters. The van der Waals surface area contributed by atoms with E-state index in [2.05, 4.69) is 10.6 Å². The van der Waals surface area contributed by atoms with E-state index in [0.29, 0.717) is 36.3 Å². The summed E-state index contributed by atoms with van der Waals surface area (Å²) < 4.78 is 25.3. The van der Waals surface area contributed by atoms with Gasteiger partial charge < -0.3 is 15.7 Å². The monoisotopic (exact) mass is 355 g/mol. The second kappa shape index (κ2) is 7.63. The number of nitrogens with zero attached hydrogens (tertiary/aromatic N) is 1. The summed E-state index contributed by atoms with van der Waals surface area (Å²) >= 11 is 0. The Hall–Kier alpha value is -2.13. The number of aliphatic hydroxyl groups is 1. The Balaban J connectivity index is 2.12. The third-order valence-electron chi connectivity index (χ3n) is 3.68. The fourth-order valence-electron chi connectivity index (χ4n) is 2.37. The second-order valence-corrected chi connectivity index (χ2v) is 7.54. The van der Waals surface area contributed by atoms with Crippen LogP contribution in [0, 0.1) is 6.92 Å². The van der Waals surface area contributed by atoms with Crippen LogP contribution < -0.4 is 14.9 Å². The minimum absolute atomic E-state index is 0.0760. The van der Waals surface area contributed by atoms with Gasteiger partial charge in [0.05, 0.1) is 11.4 Å².